The summed E-state index contributed by atoms with van der Waals surface area (Å²) in [6.45, 7) is 1.26. The topological polar surface area (TPSA) is 132 Å². The van der Waals surface area contributed by atoms with Gasteiger partial charge in [-0.25, -0.2) is 14.9 Å². The monoisotopic (exact) mass is 261 g/mol. The molecule has 2 heterocycles. The van der Waals surface area contributed by atoms with Crippen molar-refractivity contribution in [1.29, 1.82) is 0 Å². The molecule has 98 valence electrons. The predicted molar refractivity (Wildman–Crippen MR) is 67.1 cm³/mol. The highest BCUT2D eigenvalue weighted by atomic mass is 16.2. The molecule has 0 fully saturated rings. The summed E-state index contributed by atoms with van der Waals surface area (Å²) in [6.07, 6.45) is 2.73. The van der Waals surface area contributed by atoms with Crippen molar-refractivity contribution in [3.63, 3.8) is 0 Å². The second-order valence-corrected chi connectivity index (χ2v) is 3.90. The Morgan fingerprint density at radius 2 is 1.95 bits per heavy atom. The highest BCUT2D eigenvalue weighted by molar-refractivity contribution is 6.21. The maximum atomic E-state index is 11.7. The minimum Gasteiger partial charge on any atom is -0.382 e. The molecule has 0 spiro atoms. The zero-order chi connectivity index (χ0) is 14.2. The number of nitrogens with two attached hydrogens (primary N) is 2. The van der Waals surface area contributed by atoms with Crippen LogP contribution in [0.25, 0.3) is 0 Å². The molecule has 1 aliphatic heterocycles. The van der Waals surface area contributed by atoms with Crippen molar-refractivity contribution in [3.05, 3.63) is 17.8 Å². The molecule has 0 radical (unpaired) electrons. The van der Waals surface area contributed by atoms with Crippen LogP contribution in [-0.2, 0) is 9.59 Å². The van der Waals surface area contributed by atoms with Gasteiger partial charge in [0.05, 0.1) is 0 Å². The number of anilines is 3. The normalized spacial score (nSPS) is 14.9. The zero-order valence-corrected chi connectivity index (χ0v) is 10.1. The van der Waals surface area contributed by atoms with E-state index in [9.17, 15) is 14.4 Å². The van der Waals surface area contributed by atoms with Crippen LogP contribution >= 0.6 is 0 Å². The molecule has 8 heteroatoms. The van der Waals surface area contributed by atoms with Crippen LogP contribution < -0.4 is 16.4 Å². The van der Waals surface area contributed by atoms with E-state index in [1.807, 2.05) is 0 Å². The third-order valence-electron chi connectivity index (χ3n) is 2.50. The zero-order valence-electron chi connectivity index (χ0n) is 10.1. The van der Waals surface area contributed by atoms with Gasteiger partial charge in [0, 0.05) is 19.4 Å². The van der Waals surface area contributed by atoms with Crippen molar-refractivity contribution >= 4 is 35.1 Å². The number of Topliss-reactive ketones (excluding diaryl/α,β-unsaturated/α-hetero) is 1. The highest BCUT2D eigenvalue weighted by Crippen LogP contribution is 2.24. The lowest BCUT2D eigenvalue weighted by Gasteiger charge is -2.21. The number of rotatable bonds is 2. The van der Waals surface area contributed by atoms with Gasteiger partial charge in [0.1, 0.15) is 0 Å². The van der Waals surface area contributed by atoms with Gasteiger partial charge >= 0.3 is 0 Å². The average molecular weight is 261 g/mol. The summed E-state index contributed by atoms with van der Waals surface area (Å²) in [4.78, 5) is 43.0. The van der Waals surface area contributed by atoms with Gasteiger partial charge in [0.25, 0.3) is 5.91 Å². The number of nitrogen functional groups attached to an aromatic ring is 2. The van der Waals surface area contributed by atoms with Crippen molar-refractivity contribution in [2.75, 3.05) is 16.4 Å². The molecule has 4 N–H and O–H groups in total. The first-order valence-corrected chi connectivity index (χ1v) is 5.39. The molecule has 0 atom stereocenters. The average Bonchev–Trinajstić information content (AvgIpc) is 2.32. The Kier molecular flexibility index (Phi) is 2.99. The molecular weight excluding hydrogens is 250 g/mol. The van der Waals surface area contributed by atoms with Crippen molar-refractivity contribution < 1.29 is 14.4 Å². The fourth-order valence-corrected chi connectivity index (χ4v) is 1.65. The van der Waals surface area contributed by atoms with Gasteiger partial charge in [0.2, 0.25) is 5.91 Å². The Hall–Kier alpha value is -2.77. The van der Waals surface area contributed by atoms with Crippen LogP contribution in [0, 0.1) is 0 Å². The number of hydrogen-bond acceptors (Lipinski definition) is 7. The minimum atomic E-state index is -0.577. The number of carbonyl (C=O) groups is 3. The number of nitrogens with zero attached hydrogens (tertiary/aromatic N) is 3. The van der Waals surface area contributed by atoms with Gasteiger partial charge in [-0.2, -0.15) is 0 Å². The van der Waals surface area contributed by atoms with E-state index in [2.05, 4.69) is 9.97 Å². The maximum absolute atomic E-state index is 11.7. The van der Waals surface area contributed by atoms with E-state index in [-0.39, 0.29) is 29.6 Å². The summed E-state index contributed by atoms with van der Waals surface area (Å²) in [5.74, 6) is -1.99. The molecule has 1 aromatic heterocycles. The first kappa shape index (κ1) is 12.7. The van der Waals surface area contributed by atoms with Crippen LogP contribution in [0.15, 0.2) is 12.2 Å². The molecule has 0 aliphatic carbocycles. The summed E-state index contributed by atoms with van der Waals surface area (Å²) < 4.78 is 0. The second kappa shape index (κ2) is 4.48. The Bertz CT molecular complexity index is 623. The van der Waals surface area contributed by atoms with E-state index in [1.54, 1.807) is 0 Å². The second-order valence-electron chi connectivity index (χ2n) is 3.90. The molecule has 0 bridgehead atoms. The van der Waals surface area contributed by atoms with Crippen molar-refractivity contribution in [2.45, 2.75) is 13.3 Å². The van der Waals surface area contributed by atoms with Crippen molar-refractivity contribution in [3.8, 4) is 0 Å². The van der Waals surface area contributed by atoms with E-state index >= 15 is 0 Å². The molecule has 0 saturated carbocycles. The smallest absolute Gasteiger partial charge is 0.258 e. The van der Waals surface area contributed by atoms with Gasteiger partial charge in [-0.1, -0.05) is 6.08 Å². The minimum absolute atomic E-state index is 0.0568. The summed E-state index contributed by atoms with van der Waals surface area (Å²) in [5, 5.41) is 0. The van der Waals surface area contributed by atoms with Gasteiger partial charge in [-0.05, 0) is 0 Å². The fourth-order valence-electron chi connectivity index (χ4n) is 1.65. The van der Waals surface area contributed by atoms with Crippen LogP contribution in [0.5, 0.6) is 0 Å². The maximum Gasteiger partial charge on any atom is 0.258 e. The van der Waals surface area contributed by atoms with Crippen LogP contribution in [-0.4, -0.2) is 27.6 Å². The summed E-state index contributed by atoms with van der Waals surface area (Å²) in [5.41, 5.74) is 11.1. The molecule has 2 amide bonds. The molecule has 0 unspecified atom stereocenters. The first-order valence-electron chi connectivity index (χ1n) is 5.39. The number of amides is 2. The molecule has 2 rings (SSSR count). The predicted octanol–water partition coefficient (Wildman–Crippen LogP) is -0.337. The standard InChI is InChI=1S/C11H11N5O3/c1-5(17)8-9(12)15-11(10(13)14-8)16-6(18)3-2-4-7(16)19/h2-3H,4H2,1H3,(H2,12,15)(H2,13,14). The molecule has 8 nitrogen and oxygen atoms in total. The molecule has 1 aromatic rings. The third-order valence-corrected chi connectivity index (χ3v) is 2.50. The van der Waals surface area contributed by atoms with E-state index < -0.39 is 17.6 Å². The summed E-state index contributed by atoms with van der Waals surface area (Å²) in [7, 11) is 0. The number of hydrogen-bond donors (Lipinski definition) is 2. The summed E-state index contributed by atoms with van der Waals surface area (Å²) in [6, 6.07) is 0. The van der Waals surface area contributed by atoms with Crippen molar-refractivity contribution in [1.82, 2.24) is 9.97 Å². The van der Waals surface area contributed by atoms with E-state index in [0.29, 0.717) is 0 Å². The van der Waals surface area contributed by atoms with Crippen LogP contribution in [0.3, 0.4) is 0 Å². The van der Waals surface area contributed by atoms with Crippen LogP contribution in [0.2, 0.25) is 0 Å². The largest absolute Gasteiger partial charge is 0.382 e. The van der Waals surface area contributed by atoms with Gasteiger partial charge in [-0.15, -0.1) is 0 Å². The Balaban J connectivity index is 2.55. The third kappa shape index (κ3) is 2.15. The number of carbonyl (C=O) groups excluding carboxylic acids is 3. The van der Waals surface area contributed by atoms with Crippen LogP contribution in [0.1, 0.15) is 23.8 Å². The Morgan fingerprint density at radius 3 is 2.53 bits per heavy atom. The quantitative estimate of drug-likeness (QED) is 0.549. The molecular formula is C11H11N5O3. The van der Waals surface area contributed by atoms with E-state index in [0.717, 1.165) is 4.90 Å². The number of aromatic nitrogens is 2. The Labute approximate surface area is 108 Å². The lowest BCUT2D eigenvalue weighted by molar-refractivity contribution is -0.124. The fraction of sp³-hybridized carbons (Fsp3) is 0.182. The van der Waals surface area contributed by atoms with Crippen LogP contribution in [0.4, 0.5) is 17.5 Å². The Morgan fingerprint density at radius 1 is 1.26 bits per heavy atom. The summed E-state index contributed by atoms with van der Waals surface area (Å²) >= 11 is 0. The van der Waals surface area contributed by atoms with Gasteiger partial charge < -0.3 is 11.5 Å². The molecule has 1 aliphatic rings. The SMILES string of the molecule is CC(=O)c1nc(N)c(N2C(=O)C=CCC2=O)nc1N. The highest BCUT2D eigenvalue weighted by Gasteiger charge is 2.28. The van der Waals surface area contributed by atoms with Crippen molar-refractivity contribution in [2.24, 2.45) is 0 Å². The molecule has 0 aromatic carbocycles. The van der Waals surface area contributed by atoms with Gasteiger partial charge in [-0.3, -0.25) is 14.4 Å². The first-order chi connectivity index (χ1) is 8.91. The lowest BCUT2D eigenvalue weighted by atomic mass is 10.2. The number of ketones is 1. The lowest BCUT2D eigenvalue weighted by Crippen LogP contribution is -2.39. The van der Waals surface area contributed by atoms with Gasteiger partial charge in [0.15, 0.2) is 28.9 Å². The van der Waals surface area contributed by atoms with E-state index in [1.165, 1.54) is 19.1 Å². The molecule has 0 saturated heterocycles. The van der Waals surface area contributed by atoms with E-state index in [4.69, 9.17) is 11.5 Å². The molecule has 19 heavy (non-hydrogen) atoms. The number of imide groups is 1.